The lowest BCUT2D eigenvalue weighted by molar-refractivity contribution is 0.0952. The largest absolute Gasteiger partial charge is 0.495 e. The Morgan fingerprint density at radius 1 is 1.06 bits per heavy atom. The van der Waals surface area contributed by atoms with Crippen molar-refractivity contribution >= 4 is 62.6 Å². The number of carbonyl (C=O) groups is 1. The Kier molecular flexibility index (Phi) is 5.69. The molecule has 5 rings (SSSR count). The Bertz CT molecular complexity index is 1570. The Morgan fingerprint density at radius 2 is 1.88 bits per heavy atom. The second-order valence-corrected chi connectivity index (χ2v) is 8.33. The molecule has 7 nitrogen and oxygen atoms in total. The summed E-state index contributed by atoms with van der Waals surface area (Å²) in [7, 11) is 1.56. The number of hydrogen-bond acceptors (Lipinski definition) is 6. The van der Waals surface area contributed by atoms with Crippen molar-refractivity contribution in [2.24, 2.45) is 0 Å². The number of amides is 1. The van der Waals surface area contributed by atoms with Crippen LogP contribution < -0.4 is 15.4 Å². The summed E-state index contributed by atoms with van der Waals surface area (Å²) >= 11 is 11.5. The number of carbonyl (C=O) groups excluding carboxylic acids is 1. The summed E-state index contributed by atoms with van der Waals surface area (Å²) in [4.78, 5) is 17.2. The normalized spacial score (nSPS) is 11.0. The number of para-hydroxylation sites is 1. The average molecular weight is 492 g/mol. The molecule has 0 atom stereocenters. The SMILES string of the molecule is COc1ccc(-c2nc3cc(NC(=S)NC(=O)c4oc5ccccc5c4C)ccc3o2)cc1Cl. The molecule has 0 saturated carbocycles. The van der Waals surface area contributed by atoms with Crippen molar-refractivity contribution in [1.82, 2.24) is 10.3 Å². The van der Waals surface area contributed by atoms with E-state index >= 15 is 0 Å². The number of anilines is 1. The van der Waals surface area contributed by atoms with E-state index in [1.165, 1.54) is 0 Å². The van der Waals surface area contributed by atoms with Gasteiger partial charge >= 0.3 is 0 Å². The van der Waals surface area contributed by atoms with E-state index < -0.39 is 5.91 Å². The van der Waals surface area contributed by atoms with Crippen molar-refractivity contribution in [2.45, 2.75) is 6.92 Å². The van der Waals surface area contributed by atoms with Crippen LogP contribution in [0.4, 0.5) is 5.69 Å². The van der Waals surface area contributed by atoms with Crippen LogP contribution in [0.5, 0.6) is 5.75 Å². The molecule has 1 amide bonds. The molecule has 34 heavy (non-hydrogen) atoms. The molecule has 2 heterocycles. The third-order valence-corrected chi connectivity index (χ3v) is 5.82. The maximum atomic E-state index is 12.7. The van der Waals surface area contributed by atoms with Crippen LogP contribution >= 0.6 is 23.8 Å². The first-order chi connectivity index (χ1) is 16.4. The molecule has 2 aromatic heterocycles. The summed E-state index contributed by atoms with van der Waals surface area (Å²) in [6, 6.07) is 18.1. The number of furan rings is 1. The number of nitrogens with zero attached hydrogens (tertiary/aromatic N) is 1. The van der Waals surface area contributed by atoms with Gasteiger partial charge in [-0.25, -0.2) is 4.98 Å². The van der Waals surface area contributed by atoms with Gasteiger partial charge in [0.25, 0.3) is 5.91 Å². The Hall–Kier alpha value is -3.88. The van der Waals surface area contributed by atoms with Gasteiger partial charge < -0.3 is 18.9 Å². The van der Waals surface area contributed by atoms with Crippen LogP contribution in [0.25, 0.3) is 33.5 Å². The Morgan fingerprint density at radius 3 is 2.65 bits per heavy atom. The maximum absolute atomic E-state index is 12.7. The summed E-state index contributed by atoms with van der Waals surface area (Å²) in [5, 5.41) is 7.14. The summed E-state index contributed by atoms with van der Waals surface area (Å²) in [6.45, 7) is 1.84. The van der Waals surface area contributed by atoms with E-state index in [2.05, 4.69) is 15.6 Å². The molecule has 0 bridgehead atoms. The van der Waals surface area contributed by atoms with Crippen LogP contribution in [0, 0.1) is 6.92 Å². The monoisotopic (exact) mass is 491 g/mol. The summed E-state index contributed by atoms with van der Waals surface area (Å²) in [5.41, 5.74) is 3.99. The minimum absolute atomic E-state index is 0.134. The average Bonchev–Trinajstić information content (AvgIpc) is 3.40. The molecule has 0 saturated heterocycles. The predicted molar refractivity (Wildman–Crippen MR) is 136 cm³/mol. The first kappa shape index (κ1) is 21.9. The number of hydrogen-bond donors (Lipinski definition) is 2. The van der Waals surface area contributed by atoms with Crippen molar-refractivity contribution in [2.75, 3.05) is 12.4 Å². The van der Waals surface area contributed by atoms with Gasteiger partial charge in [-0.15, -0.1) is 0 Å². The van der Waals surface area contributed by atoms with Crippen molar-refractivity contribution in [1.29, 1.82) is 0 Å². The summed E-state index contributed by atoms with van der Waals surface area (Å²) < 4.78 is 16.7. The number of halogens is 1. The Balaban J connectivity index is 1.32. The van der Waals surface area contributed by atoms with Crippen LogP contribution in [0.2, 0.25) is 5.02 Å². The standard InChI is InChI=1S/C25H18ClN3O4S/c1-13-16-5-3-4-6-19(16)32-22(13)23(30)29-25(34)27-15-8-10-21-18(12-15)28-24(33-21)14-7-9-20(31-2)17(26)11-14/h3-12H,1-2H3,(H2,27,29,30,34). The van der Waals surface area contributed by atoms with Crippen LogP contribution in [0.1, 0.15) is 16.1 Å². The lowest BCUT2D eigenvalue weighted by Gasteiger charge is -2.08. The van der Waals surface area contributed by atoms with Gasteiger partial charge in [-0.05, 0) is 61.6 Å². The van der Waals surface area contributed by atoms with E-state index in [1.807, 2.05) is 37.3 Å². The molecule has 0 aliphatic carbocycles. The van der Waals surface area contributed by atoms with Gasteiger partial charge in [0.2, 0.25) is 5.89 Å². The van der Waals surface area contributed by atoms with Crippen LogP contribution in [0.15, 0.2) is 69.5 Å². The fourth-order valence-corrected chi connectivity index (χ4v) is 4.11. The Labute approximate surface area is 204 Å². The zero-order valence-electron chi connectivity index (χ0n) is 18.1. The molecule has 3 aromatic carbocycles. The van der Waals surface area contributed by atoms with E-state index in [9.17, 15) is 4.79 Å². The highest BCUT2D eigenvalue weighted by Gasteiger charge is 2.18. The van der Waals surface area contributed by atoms with E-state index in [1.54, 1.807) is 37.4 Å². The van der Waals surface area contributed by atoms with E-state index in [4.69, 9.17) is 37.4 Å². The number of rotatable bonds is 4. The van der Waals surface area contributed by atoms with Gasteiger partial charge in [-0.2, -0.15) is 0 Å². The molecular formula is C25H18ClN3O4S. The van der Waals surface area contributed by atoms with E-state index in [0.717, 1.165) is 16.5 Å². The number of aromatic nitrogens is 1. The summed E-state index contributed by atoms with van der Waals surface area (Å²) in [5.74, 6) is 0.793. The predicted octanol–water partition coefficient (Wildman–Crippen LogP) is 6.34. The first-order valence-electron chi connectivity index (χ1n) is 10.3. The molecule has 0 unspecified atom stereocenters. The number of methoxy groups -OCH3 is 1. The van der Waals surface area contributed by atoms with Gasteiger partial charge in [-0.1, -0.05) is 29.8 Å². The van der Waals surface area contributed by atoms with Crippen LogP contribution in [0.3, 0.4) is 0 Å². The van der Waals surface area contributed by atoms with E-state index in [0.29, 0.717) is 39.0 Å². The zero-order valence-corrected chi connectivity index (χ0v) is 19.7. The van der Waals surface area contributed by atoms with Gasteiger partial charge in [0.15, 0.2) is 16.5 Å². The minimum atomic E-state index is -0.424. The molecule has 0 fully saturated rings. The quantitative estimate of drug-likeness (QED) is 0.283. The zero-order chi connectivity index (χ0) is 23.8. The number of nitrogens with one attached hydrogen (secondary N) is 2. The lowest BCUT2D eigenvalue weighted by Crippen LogP contribution is -2.34. The molecular weight excluding hydrogens is 474 g/mol. The highest BCUT2D eigenvalue weighted by molar-refractivity contribution is 7.80. The van der Waals surface area contributed by atoms with Crippen molar-refractivity contribution in [3.63, 3.8) is 0 Å². The third-order valence-electron chi connectivity index (χ3n) is 5.32. The molecule has 0 aliphatic rings. The van der Waals surface area contributed by atoms with Crippen LogP contribution in [-0.4, -0.2) is 23.1 Å². The molecule has 0 radical (unpaired) electrons. The third kappa shape index (κ3) is 4.09. The van der Waals surface area contributed by atoms with Gasteiger partial charge in [0.05, 0.1) is 12.1 Å². The molecule has 2 N–H and O–H groups in total. The van der Waals surface area contributed by atoms with Crippen LogP contribution in [-0.2, 0) is 0 Å². The number of thiocarbonyl (C=S) groups is 1. The van der Waals surface area contributed by atoms with Crippen molar-refractivity contribution < 1.29 is 18.4 Å². The smallest absolute Gasteiger partial charge is 0.293 e. The molecule has 0 aliphatic heterocycles. The maximum Gasteiger partial charge on any atom is 0.293 e. The van der Waals surface area contributed by atoms with Gasteiger partial charge in [0.1, 0.15) is 16.8 Å². The number of aryl methyl sites for hydroxylation is 1. The van der Waals surface area contributed by atoms with E-state index in [-0.39, 0.29) is 10.9 Å². The second kappa shape index (κ2) is 8.81. The van der Waals surface area contributed by atoms with Gasteiger partial charge in [0, 0.05) is 22.2 Å². The lowest BCUT2D eigenvalue weighted by atomic mass is 10.1. The highest BCUT2D eigenvalue weighted by Crippen LogP contribution is 2.32. The molecule has 0 spiro atoms. The van der Waals surface area contributed by atoms with Crippen molar-refractivity contribution in [3.8, 4) is 17.2 Å². The number of oxazole rings is 1. The van der Waals surface area contributed by atoms with Crippen molar-refractivity contribution in [3.05, 3.63) is 77.0 Å². The second-order valence-electron chi connectivity index (χ2n) is 7.51. The number of benzene rings is 3. The fraction of sp³-hybridized carbons (Fsp3) is 0.0800. The highest BCUT2D eigenvalue weighted by atomic mass is 35.5. The first-order valence-corrected chi connectivity index (χ1v) is 11.1. The molecule has 5 aromatic rings. The number of ether oxygens (including phenoxy) is 1. The minimum Gasteiger partial charge on any atom is -0.495 e. The fourth-order valence-electron chi connectivity index (χ4n) is 3.64. The topological polar surface area (TPSA) is 89.5 Å². The molecule has 9 heteroatoms. The summed E-state index contributed by atoms with van der Waals surface area (Å²) in [6.07, 6.45) is 0. The number of fused-ring (bicyclic) bond motifs is 2. The molecule has 170 valence electrons. The van der Waals surface area contributed by atoms with Gasteiger partial charge in [-0.3, -0.25) is 10.1 Å².